The quantitative estimate of drug-likeness (QED) is 0.532. The van der Waals surface area contributed by atoms with Crippen molar-refractivity contribution in [1.82, 2.24) is 4.98 Å². The van der Waals surface area contributed by atoms with Gasteiger partial charge >= 0.3 is 0 Å². The van der Waals surface area contributed by atoms with Crippen molar-refractivity contribution >= 4 is 18.3 Å². The summed E-state index contributed by atoms with van der Waals surface area (Å²) in [6, 6.07) is 3.65. The lowest BCUT2D eigenvalue weighted by atomic mass is 10.3. The molecular formula is C6H8N2S. The molecule has 48 valence electrons. The highest BCUT2D eigenvalue weighted by molar-refractivity contribution is 7.80. The highest BCUT2D eigenvalue weighted by atomic mass is 32.1. The summed E-state index contributed by atoms with van der Waals surface area (Å²) in [5.74, 6) is 0. The number of aromatic nitrogens is 1. The molecule has 0 saturated carbocycles. The topological polar surface area (TPSA) is 38.9 Å². The minimum atomic E-state index is 0.606. The number of anilines is 1. The SMILES string of the molecule is Cc1ccc(N)c(S)n1. The third kappa shape index (κ3) is 1.36. The van der Waals surface area contributed by atoms with Gasteiger partial charge in [0.05, 0.1) is 5.69 Å². The fraction of sp³-hybridized carbons (Fsp3) is 0.167. The zero-order chi connectivity index (χ0) is 6.85. The first-order valence-corrected chi connectivity index (χ1v) is 3.07. The monoisotopic (exact) mass is 140 g/mol. The van der Waals surface area contributed by atoms with Crippen molar-refractivity contribution in [3.05, 3.63) is 17.8 Å². The third-order valence-corrected chi connectivity index (χ3v) is 1.40. The molecule has 0 unspecified atom stereocenters. The van der Waals surface area contributed by atoms with E-state index < -0.39 is 0 Å². The molecule has 1 heterocycles. The zero-order valence-electron chi connectivity index (χ0n) is 5.13. The van der Waals surface area contributed by atoms with E-state index in [9.17, 15) is 0 Å². The Morgan fingerprint density at radius 3 is 2.67 bits per heavy atom. The van der Waals surface area contributed by atoms with Crippen LogP contribution in [0.5, 0.6) is 0 Å². The number of hydrogen-bond donors (Lipinski definition) is 2. The van der Waals surface area contributed by atoms with E-state index in [4.69, 9.17) is 5.73 Å². The molecule has 0 bridgehead atoms. The van der Waals surface area contributed by atoms with Gasteiger partial charge in [-0.15, -0.1) is 12.6 Å². The molecule has 0 aliphatic heterocycles. The second-order valence-electron chi connectivity index (χ2n) is 1.87. The van der Waals surface area contributed by atoms with Crippen LogP contribution in [-0.4, -0.2) is 4.98 Å². The number of nitrogen functional groups attached to an aromatic ring is 1. The molecule has 1 aromatic heterocycles. The van der Waals surface area contributed by atoms with Crippen LogP contribution in [0, 0.1) is 6.92 Å². The molecule has 0 fully saturated rings. The zero-order valence-corrected chi connectivity index (χ0v) is 6.02. The van der Waals surface area contributed by atoms with Gasteiger partial charge in [-0.3, -0.25) is 0 Å². The van der Waals surface area contributed by atoms with Gasteiger partial charge in [0.15, 0.2) is 0 Å². The van der Waals surface area contributed by atoms with Gasteiger partial charge in [0.25, 0.3) is 0 Å². The summed E-state index contributed by atoms with van der Waals surface area (Å²) in [4.78, 5) is 4.01. The predicted molar refractivity (Wildman–Crippen MR) is 40.6 cm³/mol. The number of nitrogens with zero attached hydrogens (tertiary/aromatic N) is 1. The number of hydrogen-bond acceptors (Lipinski definition) is 3. The van der Waals surface area contributed by atoms with E-state index in [1.54, 1.807) is 6.07 Å². The van der Waals surface area contributed by atoms with Crippen molar-refractivity contribution in [1.29, 1.82) is 0 Å². The summed E-state index contributed by atoms with van der Waals surface area (Å²) < 4.78 is 0. The van der Waals surface area contributed by atoms with E-state index in [0.717, 1.165) is 5.69 Å². The van der Waals surface area contributed by atoms with Gasteiger partial charge in [-0.1, -0.05) is 0 Å². The molecule has 1 aromatic rings. The Labute approximate surface area is 59.5 Å². The summed E-state index contributed by atoms with van der Waals surface area (Å²) in [5, 5.41) is 0.606. The molecule has 9 heavy (non-hydrogen) atoms. The highest BCUT2D eigenvalue weighted by Gasteiger charge is 1.92. The fourth-order valence-corrected chi connectivity index (χ4v) is 0.786. The largest absolute Gasteiger partial charge is 0.397 e. The summed E-state index contributed by atoms with van der Waals surface area (Å²) in [6.45, 7) is 1.90. The van der Waals surface area contributed by atoms with Crippen molar-refractivity contribution < 1.29 is 0 Å². The second-order valence-corrected chi connectivity index (χ2v) is 2.29. The van der Waals surface area contributed by atoms with Gasteiger partial charge in [0, 0.05) is 5.69 Å². The maximum atomic E-state index is 5.45. The predicted octanol–water partition coefficient (Wildman–Crippen LogP) is 1.26. The molecule has 1 rings (SSSR count). The van der Waals surface area contributed by atoms with Crippen molar-refractivity contribution in [3.8, 4) is 0 Å². The normalized spacial score (nSPS) is 9.56. The molecule has 0 saturated heterocycles. The number of aryl methyl sites for hydroxylation is 1. The summed E-state index contributed by atoms with van der Waals surface area (Å²) in [6.07, 6.45) is 0. The average molecular weight is 140 g/mol. The smallest absolute Gasteiger partial charge is 0.116 e. The lowest BCUT2D eigenvalue weighted by Gasteiger charge is -1.96. The molecule has 0 spiro atoms. The van der Waals surface area contributed by atoms with Gasteiger partial charge in [0.1, 0.15) is 5.03 Å². The van der Waals surface area contributed by atoms with Gasteiger partial charge in [0.2, 0.25) is 0 Å². The van der Waals surface area contributed by atoms with Crippen LogP contribution in [-0.2, 0) is 0 Å². The van der Waals surface area contributed by atoms with Crippen molar-refractivity contribution in [3.63, 3.8) is 0 Å². The van der Waals surface area contributed by atoms with Crippen molar-refractivity contribution in [2.75, 3.05) is 5.73 Å². The van der Waals surface area contributed by atoms with E-state index in [0.29, 0.717) is 10.7 Å². The van der Waals surface area contributed by atoms with Crippen LogP contribution in [0.15, 0.2) is 17.2 Å². The van der Waals surface area contributed by atoms with Crippen LogP contribution < -0.4 is 5.73 Å². The van der Waals surface area contributed by atoms with Gasteiger partial charge in [-0.05, 0) is 19.1 Å². The lowest BCUT2D eigenvalue weighted by Crippen LogP contribution is -1.90. The molecule has 2 N–H and O–H groups in total. The van der Waals surface area contributed by atoms with Crippen molar-refractivity contribution in [2.24, 2.45) is 0 Å². The molecule has 0 amide bonds. The van der Waals surface area contributed by atoms with Crippen LogP contribution in [0.3, 0.4) is 0 Å². The summed E-state index contributed by atoms with van der Waals surface area (Å²) in [7, 11) is 0. The van der Waals surface area contributed by atoms with E-state index in [2.05, 4.69) is 17.6 Å². The van der Waals surface area contributed by atoms with Crippen LogP contribution in [0.4, 0.5) is 5.69 Å². The average Bonchev–Trinajstić information content (AvgIpc) is 1.80. The minimum absolute atomic E-state index is 0.606. The Morgan fingerprint density at radius 2 is 2.22 bits per heavy atom. The molecule has 0 aliphatic rings. The second kappa shape index (κ2) is 2.27. The van der Waals surface area contributed by atoms with E-state index in [-0.39, 0.29) is 0 Å². The first-order chi connectivity index (χ1) is 4.20. The van der Waals surface area contributed by atoms with Crippen LogP contribution in [0.25, 0.3) is 0 Å². The number of pyridine rings is 1. The first-order valence-electron chi connectivity index (χ1n) is 2.62. The number of rotatable bonds is 0. The molecule has 2 nitrogen and oxygen atoms in total. The van der Waals surface area contributed by atoms with Gasteiger partial charge in [-0.2, -0.15) is 0 Å². The summed E-state index contributed by atoms with van der Waals surface area (Å²) in [5.41, 5.74) is 7.02. The summed E-state index contributed by atoms with van der Waals surface area (Å²) >= 11 is 4.03. The molecule has 0 aromatic carbocycles. The molecule has 0 atom stereocenters. The van der Waals surface area contributed by atoms with Gasteiger partial charge < -0.3 is 5.73 Å². The van der Waals surface area contributed by atoms with E-state index >= 15 is 0 Å². The van der Waals surface area contributed by atoms with Crippen LogP contribution in [0.2, 0.25) is 0 Å². The highest BCUT2D eigenvalue weighted by Crippen LogP contribution is 2.12. The Balaban J connectivity index is 3.17. The molecule has 0 aliphatic carbocycles. The van der Waals surface area contributed by atoms with Crippen molar-refractivity contribution in [2.45, 2.75) is 11.9 Å². The first kappa shape index (κ1) is 6.42. The number of thiol groups is 1. The minimum Gasteiger partial charge on any atom is -0.397 e. The van der Waals surface area contributed by atoms with E-state index in [1.807, 2.05) is 13.0 Å². The molecule has 3 heteroatoms. The van der Waals surface area contributed by atoms with Crippen LogP contribution in [0.1, 0.15) is 5.69 Å². The Morgan fingerprint density at radius 1 is 1.56 bits per heavy atom. The molecular weight excluding hydrogens is 132 g/mol. The maximum Gasteiger partial charge on any atom is 0.116 e. The lowest BCUT2D eigenvalue weighted by molar-refractivity contribution is 1.08. The van der Waals surface area contributed by atoms with E-state index in [1.165, 1.54) is 0 Å². The Bertz CT molecular complexity index is 222. The van der Waals surface area contributed by atoms with Gasteiger partial charge in [-0.25, -0.2) is 4.98 Å². The Kier molecular flexibility index (Phi) is 1.62. The number of nitrogens with two attached hydrogens (primary N) is 1. The maximum absolute atomic E-state index is 5.45. The fourth-order valence-electron chi connectivity index (χ4n) is 0.554. The third-order valence-electron chi connectivity index (χ3n) is 1.04. The standard InChI is InChI=1S/C6H8N2S/c1-4-2-3-5(7)6(9)8-4/h2-3H,7H2,1H3,(H,8,9). The van der Waals surface area contributed by atoms with Crippen LogP contribution >= 0.6 is 12.6 Å². The Hall–Kier alpha value is -0.700. The molecule has 0 radical (unpaired) electrons.